The molecule has 1 fully saturated rings. The van der Waals surface area contributed by atoms with Crippen LogP contribution < -0.4 is 5.32 Å². The lowest BCUT2D eigenvalue weighted by Gasteiger charge is -2.28. The van der Waals surface area contributed by atoms with Crippen LogP contribution in [-0.4, -0.2) is 11.0 Å². The molecular formula is C18H24N2. The van der Waals surface area contributed by atoms with E-state index in [1.165, 1.54) is 37.5 Å². The lowest BCUT2D eigenvalue weighted by Crippen LogP contribution is -2.34. The van der Waals surface area contributed by atoms with Crippen LogP contribution in [0.2, 0.25) is 0 Å². The Labute approximate surface area is 121 Å². The van der Waals surface area contributed by atoms with Gasteiger partial charge in [0.2, 0.25) is 0 Å². The average molecular weight is 268 g/mol. The first kappa shape index (κ1) is 13.6. The minimum atomic E-state index is 0.601. The zero-order valence-electron chi connectivity index (χ0n) is 12.3. The number of para-hydroxylation sites is 1. The lowest BCUT2D eigenvalue weighted by atomic mass is 9.84. The molecule has 1 aromatic heterocycles. The highest BCUT2D eigenvalue weighted by Gasteiger charge is 2.19. The van der Waals surface area contributed by atoms with Crippen molar-refractivity contribution in [2.24, 2.45) is 5.92 Å². The van der Waals surface area contributed by atoms with E-state index in [0.717, 1.165) is 23.7 Å². The van der Waals surface area contributed by atoms with E-state index >= 15 is 0 Å². The van der Waals surface area contributed by atoms with Gasteiger partial charge in [-0.1, -0.05) is 43.5 Å². The second-order valence-corrected chi connectivity index (χ2v) is 6.06. The SMILES string of the molecule is C[C@H](NCc1ccc2ccccc2n1)C1CCCCC1. The summed E-state index contributed by atoms with van der Waals surface area (Å²) in [5.74, 6) is 0.851. The summed E-state index contributed by atoms with van der Waals surface area (Å²) in [5, 5.41) is 4.89. The van der Waals surface area contributed by atoms with Crippen molar-refractivity contribution in [3.63, 3.8) is 0 Å². The molecule has 0 amide bonds. The van der Waals surface area contributed by atoms with Crippen molar-refractivity contribution in [2.45, 2.75) is 51.6 Å². The molecule has 0 saturated heterocycles. The summed E-state index contributed by atoms with van der Waals surface area (Å²) in [6, 6.07) is 13.2. The molecule has 106 valence electrons. The van der Waals surface area contributed by atoms with Gasteiger partial charge in [0.25, 0.3) is 0 Å². The Balaban J connectivity index is 1.61. The molecule has 1 atom stereocenters. The highest BCUT2D eigenvalue weighted by molar-refractivity contribution is 5.78. The van der Waals surface area contributed by atoms with Crippen molar-refractivity contribution in [2.75, 3.05) is 0 Å². The lowest BCUT2D eigenvalue weighted by molar-refractivity contribution is 0.280. The molecule has 3 rings (SSSR count). The quantitative estimate of drug-likeness (QED) is 0.894. The summed E-state index contributed by atoms with van der Waals surface area (Å²) in [4.78, 5) is 4.73. The summed E-state index contributed by atoms with van der Waals surface area (Å²) in [6.45, 7) is 3.21. The summed E-state index contributed by atoms with van der Waals surface area (Å²) in [6.07, 6.45) is 7.02. The molecule has 1 aliphatic rings. The van der Waals surface area contributed by atoms with Crippen molar-refractivity contribution in [1.82, 2.24) is 10.3 Å². The summed E-state index contributed by atoms with van der Waals surface area (Å²) < 4.78 is 0. The molecule has 1 aromatic carbocycles. The second-order valence-electron chi connectivity index (χ2n) is 6.06. The number of pyridine rings is 1. The van der Waals surface area contributed by atoms with Gasteiger partial charge in [-0.3, -0.25) is 4.98 Å². The third-order valence-electron chi connectivity index (χ3n) is 4.62. The summed E-state index contributed by atoms with van der Waals surface area (Å²) in [7, 11) is 0. The van der Waals surface area contributed by atoms with Crippen molar-refractivity contribution >= 4 is 10.9 Å². The van der Waals surface area contributed by atoms with Gasteiger partial charge in [-0.25, -0.2) is 0 Å². The number of hydrogen-bond donors (Lipinski definition) is 1. The second kappa shape index (κ2) is 6.36. The van der Waals surface area contributed by atoms with E-state index in [1.807, 2.05) is 0 Å². The normalized spacial score (nSPS) is 18.2. The van der Waals surface area contributed by atoms with Gasteiger partial charge in [0.1, 0.15) is 0 Å². The van der Waals surface area contributed by atoms with Crippen LogP contribution in [0, 0.1) is 5.92 Å². The Morgan fingerprint density at radius 2 is 1.90 bits per heavy atom. The number of hydrogen-bond acceptors (Lipinski definition) is 2. The van der Waals surface area contributed by atoms with Crippen molar-refractivity contribution in [3.8, 4) is 0 Å². The minimum absolute atomic E-state index is 0.601. The van der Waals surface area contributed by atoms with Gasteiger partial charge in [0.15, 0.2) is 0 Å². The average Bonchev–Trinajstić information content (AvgIpc) is 2.53. The minimum Gasteiger partial charge on any atom is -0.308 e. The van der Waals surface area contributed by atoms with Crippen LogP contribution >= 0.6 is 0 Å². The molecule has 0 spiro atoms. The van der Waals surface area contributed by atoms with E-state index in [2.05, 4.69) is 48.6 Å². The van der Waals surface area contributed by atoms with Crippen molar-refractivity contribution < 1.29 is 0 Å². The molecule has 2 nitrogen and oxygen atoms in total. The number of benzene rings is 1. The number of rotatable bonds is 4. The van der Waals surface area contributed by atoms with Crippen molar-refractivity contribution in [1.29, 1.82) is 0 Å². The molecule has 0 radical (unpaired) electrons. The largest absolute Gasteiger partial charge is 0.308 e. The van der Waals surface area contributed by atoms with Crippen LogP contribution in [0.4, 0.5) is 0 Å². The van der Waals surface area contributed by atoms with Crippen LogP contribution in [0.3, 0.4) is 0 Å². The number of nitrogens with one attached hydrogen (secondary N) is 1. The number of nitrogens with zero attached hydrogens (tertiary/aromatic N) is 1. The number of fused-ring (bicyclic) bond motifs is 1. The standard InChI is InChI=1S/C18H24N2/c1-14(15-7-3-2-4-8-15)19-13-17-12-11-16-9-5-6-10-18(16)20-17/h5-6,9-12,14-15,19H,2-4,7-8,13H2,1H3/t14-/m0/s1. The van der Waals surface area contributed by atoms with E-state index in [0.29, 0.717) is 6.04 Å². The Hall–Kier alpha value is -1.41. The molecule has 1 aliphatic carbocycles. The predicted molar refractivity (Wildman–Crippen MR) is 84.6 cm³/mol. The van der Waals surface area contributed by atoms with E-state index in [-0.39, 0.29) is 0 Å². The summed E-state index contributed by atoms with van der Waals surface area (Å²) in [5.41, 5.74) is 2.24. The zero-order valence-corrected chi connectivity index (χ0v) is 12.3. The van der Waals surface area contributed by atoms with E-state index < -0.39 is 0 Å². The maximum Gasteiger partial charge on any atom is 0.0705 e. The molecule has 0 bridgehead atoms. The summed E-state index contributed by atoms with van der Waals surface area (Å²) >= 11 is 0. The molecule has 1 heterocycles. The first-order valence-corrected chi connectivity index (χ1v) is 7.91. The molecule has 0 unspecified atom stereocenters. The topological polar surface area (TPSA) is 24.9 Å². The smallest absolute Gasteiger partial charge is 0.0705 e. The maximum absolute atomic E-state index is 4.73. The van der Waals surface area contributed by atoms with Gasteiger partial charge in [0.05, 0.1) is 11.2 Å². The van der Waals surface area contributed by atoms with Crippen LogP contribution in [-0.2, 0) is 6.54 Å². The molecule has 2 aromatic rings. The highest BCUT2D eigenvalue weighted by atomic mass is 14.9. The Bertz CT molecular complexity index is 558. The van der Waals surface area contributed by atoms with Gasteiger partial charge >= 0.3 is 0 Å². The fourth-order valence-corrected chi connectivity index (χ4v) is 3.27. The first-order chi connectivity index (χ1) is 9.83. The van der Waals surface area contributed by atoms with Crippen LogP contribution in [0.15, 0.2) is 36.4 Å². The van der Waals surface area contributed by atoms with Crippen LogP contribution in [0.1, 0.15) is 44.7 Å². The first-order valence-electron chi connectivity index (χ1n) is 7.91. The zero-order chi connectivity index (χ0) is 13.8. The van der Waals surface area contributed by atoms with Gasteiger partial charge in [0, 0.05) is 18.0 Å². The highest BCUT2D eigenvalue weighted by Crippen LogP contribution is 2.26. The van der Waals surface area contributed by atoms with E-state index in [1.54, 1.807) is 0 Å². The van der Waals surface area contributed by atoms with Crippen molar-refractivity contribution in [3.05, 3.63) is 42.1 Å². The molecule has 1 N–H and O–H groups in total. The van der Waals surface area contributed by atoms with Crippen LogP contribution in [0.25, 0.3) is 10.9 Å². The fraction of sp³-hybridized carbons (Fsp3) is 0.500. The number of aromatic nitrogens is 1. The maximum atomic E-state index is 4.73. The third kappa shape index (κ3) is 3.18. The van der Waals surface area contributed by atoms with Gasteiger partial charge in [-0.2, -0.15) is 0 Å². The Morgan fingerprint density at radius 1 is 1.10 bits per heavy atom. The molecule has 1 saturated carbocycles. The molecule has 0 aliphatic heterocycles. The van der Waals surface area contributed by atoms with Gasteiger partial charge in [-0.15, -0.1) is 0 Å². The molecular weight excluding hydrogens is 244 g/mol. The third-order valence-corrected chi connectivity index (χ3v) is 4.62. The van der Waals surface area contributed by atoms with Gasteiger partial charge < -0.3 is 5.32 Å². The van der Waals surface area contributed by atoms with E-state index in [4.69, 9.17) is 4.98 Å². The predicted octanol–water partition coefficient (Wildman–Crippen LogP) is 4.29. The van der Waals surface area contributed by atoms with Crippen LogP contribution in [0.5, 0.6) is 0 Å². The molecule has 2 heteroatoms. The molecule has 20 heavy (non-hydrogen) atoms. The monoisotopic (exact) mass is 268 g/mol. The fourth-order valence-electron chi connectivity index (χ4n) is 3.27. The Morgan fingerprint density at radius 3 is 2.75 bits per heavy atom. The Kier molecular flexibility index (Phi) is 4.31. The van der Waals surface area contributed by atoms with Gasteiger partial charge in [-0.05, 0) is 37.8 Å². The van der Waals surface area contributed by atoms with E-state index in [9.17, 15) is 0 Å².